The molecular formula is C26H32N2O6S. The topological polar surface area (TPSA) is 120 Å². The average Bonchev–Trinajstić information content (AvgIpc) is 2.87. The van der Waals surface area contributed by atoms with E-state index in [9.17, 15) is 13.5 Å². The van der Waals surface area contributed by atoms with Crippen molar-refractivity contribution in [2.75, 3.05) is 33.9 Å². The molecule has 0 heterocycles. The summed E-state index contributed by atoms with van der Waals surface area (Å²) in [5.41, 5.74) is 2.85. The molecule has 0 bridgehead atoms. The quantitative estimate of drug-likeness (QED) is 0.309. The molecule has 4 N–H and O–H groups in total. The largest absolute Gasteiger partial charge is 0.497 e. The standard InChI is InChI=1S/C26H32N2O6S/c1-32-23-9-5-20(6-10-23)26(21-7-11-24(33-2)12-8-21)34-18-22(29)17-28-16-15-19-3-13-25(14-4-19)35(27,30)31/h3-14,22,26,28-29H,15-18H2,1-2H3,(H2,27,30,31)/t22-/m1/s1. The van der Waals surface area contributed by atoms with Gasteiger partial charge in [-0.15, -0.1) is 0 Å². The van der Waals surface area contributed by atoms with Gasteiger partial charge in [0.15, 0.2) is 0 Å². The van der Waals surface area contributed by atoms with E-state index in [-0.39, 0.29) is 17.6 Å². The Morgan fingerprint density at radius 3 is 1.83 bits per heavy atom. The van der Waals surface area contributed by atoms with Crippen LogP contribution in [0.15, 0.2) is 77.7 Å². The Labute approximate surface area is 206 Å². The Morgan fingerprint density at radius 2 is 1.37 bits per heavy atom. The van der Waals surface area contributed by atoms with Crippen molar-refractivity contribution in [3.8, 4) is 11.5 Å². The predicted molar refractivity (Wildman–Crippen MR) is 134 cm³/mol. The number of sulfonamides is 1. The number of nitrogens with one attached hydrogen (secondary N) is 1. The molecule has 0 spiro atoms. The molecule has 0 amide bonds. The lowest BCUT2D eigenvalue weighted by molar-refractivity contribution is 0.00668. The van der Waals surface area contributed by atoms with E-state index < -0.39 is 16.1 Å². The van der Waals surface area contributed by atoms with Gasteiger partial charge in [0.05, 0.1) is 31.8 Å². The first-order valence-electron chi connectivity index (χ1n) is 11.2. The van der Waals surface area contributed by atoms with E-state index in [2.05, 4.69) is 5.32 Å². The van der Waals surface area contributed by atoms with Crippen molar-refractivity contribution in [2.45, 2.75) is 23.5 Å². The molecule has 0 radical (unpaired) electrons. The van der Waals surface area contributed by atoms with E-state index in [4.69, 9.17) is 19.3 Å². The van der Waals surface area contributed by atoms with Crippen molar-refractivity contribution >= 4 is 10.0 Å². The number of benzene rings is 3. The summed E-state index contributed by atoms with van der Waals surface area (Å²) >= 11 is 0. The van der Waals surface area contributed by atoms with Gasteiger partial charge in [0, 0.05) is 6.54 Å². The number of methoxy groups -OCH3 is 2. The molecule has 0 fully saturated rings. The van der Waals surface area contributed by atoms with E-state index in [1.54, 1.807) is 26.4 Å². The Balaban J connectivity index is 1.53. The fourth-order valence-electron chi connectivity index (χ4n) is 3.56. The van der Waals surface area contributed by atoms with Crippen molar-refractivity contribution in [3.63, 3.8) is 0 Å². The van der Waals surface area contributed by atoms with Crippen molar-refractivity contribution in [2.24, 2.45) is 5.14 Å². The normalized spacial score (nSPS) is 12.5. The van der Waals surface area contributed by atoms with Crippen LogP contribution in [-0.4, -0.2) is 53.5 Å². The molecule has 0 aliphatic rings. The number of primary sulfonamides is 1. The zero-order valence-electron chi connectivity index (χ0n) is 19.9. The van der Waals surface area contributed by atoms with Crippen LogP contribution in [0.3, 0.4) is 0 Å². The first-order valence-corrected chi connectivity index (χ1v) is 12.7. The van der Waals surface area contributed by atoms with Crippen molar-refractivity contribution < 1.29 is 27.7 Å². The molecule has 35 heavy (non-hydrogen) atoms. The van der Waals surface area contributed by atoms with Crippen LogP contribution >= 0.6 is 0 Å². The maximum absolute atomic E-state index is 11.3. The van der Waals surface area contributed by atoms with Gasteiger partial charge in [-0.05, 0) is 66.1 Å². The Bertz CT molecular complexity index is 1100. The second-order valence-electron chi connectivity index (χ2n) is 8.06. The minimum atomic E-state index is -3.69. The SMILES string of the molecule is COc1ccc(C(OC[C@H](O)CNCCc2ccc(S(N)(=O)=O)cc2)c2ccc(OC)cc2)cc1. The molecule has 3 rings (SSSR count). The number of hydrogen-bond donors (Lipinski definition) is 3. The van der Waals surface area contributed by atoms with E-state index in [1.165, 1.54) is 12.1 Å². The first kappa shape index (κ1) is 26.7. The third kappa shape index (κ3) is 8.05. The number of aliphatic hydroxyl groups excluding tert-OH is 1. The molecule has 0 saturated heterocycles. The fraction of sp³-hybridized carbons (Fsp3) is 0.308. The zero-order valence-corrected chi connectivity index (χ0v) is 20.7. The van der Waals surface area contributed by atoms with Gasteiger partial charge in [-0.2, -0.15) is 0 Å². The smallest absolute Gasteiger partial charge is 0.238 e. The van der Waals surface area contributed by atoms with Gasteiger partial charge >= 0.3 is 0 Å². The molecule has 0 saturated carbocycles. The van der Waals surface area contributed by atoms with Gasteiger partial charge in [0.25, 0.3) is 0 Å². The van der Waals surface area contributed by atoms with Crippen molar-refractivity contribution in [1.29, 1.82) is 0 Å². The summed E-state index contributed by atoms with van der Waals surface area (Å²) in [6, 6.07) is 21.7. The second-order valence-corrected chi connectivity index (χ2v) is 9.62. The summed E-state index contributed by atoms with van der Waals surface area (Å²) in [6.07, 6.45) is -0.392. The van der Waals surface area contributed by atoms with Gasteiger partial charge in [-0.1, -0.05) is 36.4 Å². The monoisotopic (exact) mass is 500 g/mol. The highest BCUT2D eigenvalue weighted by atomic mass is 32.2. The first-order chi connectivity index (χ1) is 16.8. The molecule has 9 heteroatoms. The molecule has 0 unspecified atom stereocenters. The highest BCUT2D eigenvalue weighted by Crippen LogP contribution is 2.29. The summed E-state index contributed by atoms with van der Waals surface area (Å²) in [5.74, 6) is 1.51. The van der Waals surface area contributed by atoms with Crippen molar-refractivity contribution in [3.05, 3.63) is 89.5 Å². The number of hydrogen-bond acceptors (Lipinski definition) is 7. The van der Waals surface area contributed by atoms with Crippen LogP contribution < -0.4 is 19.9 Å². The molecular weight excluding hydrogens is 468 g/mol. The van der Waals surface area contributed by atoms with Gasteiger partial charge in [-0.3, -0.25) is 0 Å². The summed E-state index contributed by atoms with van der Waals surface area (Å²) in [7, 11) is -0.451. The predicted octanol–water partition coefficient (Wildman–Crippen LogP) is 2.65. The summed E-state index contributed by atoms with van der Waals surface area (Å²) in [6.45, 7) is 1.11. The number of aliphatic hydroxyl groups is 1. The van der Waals surface area contributed by atoms with Crippen molar-refractivity contribution in [1.82, 2.24) is 5.32 Å². The highest BCUT2D eigenvalue weighted by molar-refractivity contribution is 7.89. The lowest BCUT2D eigenvalue weighted by Crippen LogP contribution is -2.32. The highest BCUT2D eigenvalue weighted by Gasteiger charge is 2.17. The third-order valence-electron chi connectivity index (χ3n) is 5.51. The lowest BCUT2D eigenvalue weighted by atomic mass is 10.0. The molecule has 188 valence electrons. The van der Waals surface area contributed by atoms with Crippen LogP contribution in [0.25, 0.3) is 0 Å². The maximum atomic E-state index is 11.3. The summed E-state index contributed by atoms with van der Waals surface area (Å²) < 4.78 is 39.3. The molecule has 0 aromatic heterocycles. The zero-order chi connectivity index (χ0) is 25.3. The molecule has 3 aromatic carbocycles. The number of ether oxygens (including phenoxy) is 3. The minimum Gasteiger partial charge on any atom is -0.497 e. The van der Waals surface area contributed by atoms with Crippen LogP contribution in [0.5, 0.6) is 11.5 Å². The van der Waals surface area contributed by atoms with Crippen LogP contribution in [-0.2, 0) is 21.2 Å². The van der Waals surface area contributed by atoms with Gasteiger partial charge in [0.1, 0.15) is 17.6 Å². The third-order valence-corrected chi connectivity index (χ3v) is 6.44. The molecule has 3 aromatic rings. The van der Waals surface area contributed by atoms with Crippen LogP contribution in [0.1, 0.15) is 22.8 Å². The molecule has 0 aliphatic heterocycles. The average molecular weight is 501 g/mol. The Morgan fingerprint density at radius 1 is 0.857 bits per heavy atom. The molecule has 8 nitrogen and oxygen atoms in total. The lowest BCUT2D eigenvalue weighted by Gasteiger charge is -2.22. The van der Waals surface area contributed by atoms with E-state index in [0.29, 0.717) is 19.5 Å². The van der Waals surface area contributed by atoms with E-state index in [1.807, 2.05) is 48.5 Å². The van der Waals surface area contributed by atoms with Crippen LogP contribution in [0, 0.1) is 0 Å². The van der Waals surface area contributed by atoms with E-state index >= 15 is 0 Å². The Kier molecular flexibility index (Phi) is 9.64. The molecule has 1 atom stereocenters. The minimum absolute atomic E-state index is 0.0880. The summed E-state index contributed by atoms with van der Waals surface area (Å²) in [5, 5.41) is 18.8. The van der Waals surface area contributed by atoms with Gasteiger partial charge < -0.3 is 24.6 Å². The maximum Gasteiger partial charge on any atom is 0.238 e. The fourth-order valence-corrected chi connectivity index (χ4v) is 4.07. The van der Waals surface area contributed by atoms with Gasteiger partial charge in [-0.25, -0.2) is 13.6 Å². The van der Waals surface area contributed by atoms with Crippen LogP contribution in [0.2, 0.25) is 0 Å². The molecule has 0 aliphatic carbocycles. The summed E-state index contributed by atoms with van der Waals surface area (Å²) in [4.78, 5) is 0.0880. The second kappa shape index (κ2) is 12.7. The van der Waals surface area contributed by atoms with Gasteiger partial charge in [0.2, 0.25) is 10.0 Å². The van der Waals surface area contributed by atoms with Crippen LogP contribution in [0.4, 0.5) is 0 Å². The Hall–Kier alpha value is -2.95. The number of rotatable bonds is 13. The number of nitrogens with two attached hydrogens (primary N) is 1. The van der Waals surface area contributed by atoms with E-state index in [0.717, 1.165) is 28.2 Å².